The summed E-state index contributed by atoms with van der Waals surface area (Å²) in [4.78, 5) is 19.2. The number of rotatable bonds is 3. The van der Waals surface area contributed by atoms with Gasteiger partial charge in [-0.15, -0.1) is 0 Å². The van der Waals surface area contributed by atoms with Crippen LogP contribution < -0.4 is 0 Å². The predicted molar refractivity (Wildman–Crippen MR) is 85.6 cm³/mol. The first-order chi connectivity index (χ1) is 10.7. The van der Waals surface area contributed by atoms with E-state index in [2.05, 4.69) is 11.9 Å². The van der Waals surface area contributed by atoms with E-state index < -0.39 is 0 Å². The third-order valence-electron chi connectivity index (χ3n) is 5.35. The first-order valence-electron chi connectivity index (χ1n) is 8.64. The van der Waals surface area contributed by atoms with E-state index in [1.54, 1.807) is 12.4 Å². The molecule has 4 nitrogen and oxygen atoms in total. The number of hydrogen-bond donors (Lipinski definition) is 1. The van der Waals surface area contributed by atoms with Crippen LogP contribution in [0.25, 0.3) is 0 Å². The average molecular weight is 302 g/mol. The van der Waals surface area contributed by atoms with E-state index in [9.17, 15) is 9.90 Å². The SMILES string of the molecule is CCc1cnccc1C(=O)N1CCC[C@@H]1[C@H]1CCCC[C@@H]1O. The summed E-state index contributed by atoms with van der Waals surface area (Å²) in [6, 6.07) is 2.05. The van der Waals surface area contributed by atoms with Gasteiger partial charge in [0.1, 0.15) is 0 Å². The van der Waals surface area contributed by atoms with E-state index in [1.165, 1.54) is 6.42 Å². The lowest BCUT2D eigenvalue weighted by atomic mass is 9.80. The summed E-state index contributed by atoms with van der Waals surface area (Å²) in [5, 5.41) is 10.4. The molecule has 22 heavy (non-hydrogen) atoms. The Hall–Kier alpha value is -1.42. The van der Waals surface area contributed by atoms with Gasteiger partial charge < -0.3 is 10.0 Å². The molecule has 3 atom stereocenters. The monoisotopic (exact) mass is 302 g/mol. The van der Waals surface area contributed by atoms with Crippen LogP contribution in [-0.4, -0.2) is 39.6 Å². The summed E-state index contributed by atoms with van der Waals surface area (Å²) >= 11 is 0. The van der Waals surface area contributed by atoms with Gasteiger partial charge in [-0.2, -0.15) is 0 Å². The van der Waals surface area contributed by atoms with E-state index in [4.69, 9.17) is 0 Å². The highest BCUT2D eigenvalue weighted by atomic mass is 16.3. The first kappa shape index (κ1) is 15.5. The van der Waals surface area contributed by atoms with E-state index in [0.717, 1.165) is 56.2 Å². The summed E-state index contributed by atoms with van der Waals surface area (Å²) in [5.41, 5.74) is 1.80. The Morgan fingerprint density at radius 2 is 2.14 bits per heavy atom. The first-order valence-corrected chi connectivity index (χ1v) is 8.64. The smallest absolute Gasteiger partial charge is 0.254 e. The Balaban J connectivity index is 1.81. The number of likely N-dealkylation sites (tertiary alicyclic amines) is 1. The van der Waals surface area contributed by atoms with Crippen LogP contribution in [0.3, 0.4) is 0 Å². The molecule has 3 rings (SSSR count). The van der Waals surface area contributed by atoms with Crippen LogP contribution in [0.4, 0.5) is 0 Å². The number of aromatic nitrogens is 1. The normalized spacial score (nSPS) is 28.8. The molecule has 1 amide bonds. The molecule has 1 N–H and O–H groups in total. The van der Waals surface area contributed by atoms with Crippen LogP contribution in [0.5, 0.6) is 0 Å². The number of hydrogen-bond acceptors (Lipinski definition) is 3. The highest BCUT2D eigenvalue weighted by Crippen LogP contribution is 2.35. The van der Waals surface area contributed by atoms with Gasteiger partial charge in [0.05, 0.1) is 6.10 Å². The molecule has 1 aromatic heterocycles. The van der Waals surface area contributed by atoms with Gasteiger partial charge >= 0.3 is 0 Å². The predicted octanol–water partition coefficient (Wildman–Crippen LogP) is 2.80. The highest BCUT2D eigenvalue weighted by Gasteiger charge is 2.39. The summed E-state index contributed by atoms with van der Waals surface area (Å²) in [6.45, 7) is 2.87. The van der Waals surface area contributed by atoms with Crippen LogP contribution in [0, 0.1) is 5.92 Å². The maximum absolute atomic E-state index is 13.0. The van der Waals surface area contributed by atoms with Crippen LogP contribution in [0.15, 0.2) is 18.5 Å². The summed E-state index contributed by atoms with van der Waals surface area (Å²) in [7, 11) is 0. The van der Waals surface area contributed by atoms with Gasteiger partial charge in [0.15, 0.2) is 0 Å². The van der Waals surface area contributed by atoms with Crippen LogP contribution in [-0.2, 0) is 6.42 Å². The molecule has 2 fully saturated rings. The number of aliphatic hydroxyl groups is 1. The van der Waals surface area contributed by atoms with E-state index in [-0.39, 0.29) is 24.0 Å². The Kier molecular flexibility index (Phi) is 4.77. The van der Waals surface area contributed by atoms with E-state index in [0.29, 0.717) is 0 Å². The Labute approximate surface area is 132 Å². The minimum Gasteiger partial charge on any atom is -0.393 e. The van der Waals surface area contributed by atoms with Gasteiger partial charge in [0, 0.05) is 36.5 Å². The lowest BCUT2D eigenvalue weighted by molar-refractivity contribution is 0.0211. The molecule has 120 valence electrons. The molecular formula is C18H26N2O2. The number of aryl methyl sites for hydroxylation is 1. The molecule has 0 spiro atoms. The molecule has 1 saturated carbocycles. The quantitative estimate of drug-likeness (QED) is 0.934. The Morgan fingerprint density at radius 3 is 2.91 bits per heavy atom. The lowest BCUT2D eigenvalue weighted by Gasteiger charge is -2.37. The molecule has 2 heterocycles. The second-order valence-electron chi connectivity index (χ2n) is 6.61. The maximum atomic E-state index is 13.0. The molecule has 1 aliphatic carbocycles. The van der Waals surface area contributed by atoms with E-state index in [1.807, 2.05) is 11.0 Å². The van der Waals surface area contributed by atoms with Crippen molar-refractivity contribution in [2.75, 3.05) is 6.54 Å². The molecule has 0 radical (unpaired) electrons. The molecule has 1 aromatic rings. The van der Waals surface area contributed by atoms with Crippen LogP contribution in [0.2, 0.25) is 0 Å². The number of amides is 1. The maximum Gasteiger partial charge on any atom is 0.254 e. The third-order valence-corrected chi connectivity index (χ3v) is 5.35. The van der Waals surface area contributed by atoms with Crippen molar-refractivity contribution in [1.29, 1.82) is 0 Å². The van der Waals surface area contributed by atoms with Crippen LogP contribution >= 0.6 is 0 Å². The van der Waals surface area contributed by atoms with Crippen molar-refractivity contribution in [3.8, 4) is 0 Å². The van der Waals surface area contributed by atoms with Crippen molar-refractivity contribution < 1.29 is 9.90 Å². The number of pyridine rings is 1. The van der Waals surface area contributed by atoms with Crippen molar-refractivity contribution in [3.05, 3.63) is 29.6 Å². The average Bonchev–Trinajstić information content (AvgIpc) is 3.04. The Bertz CT molecular complexity index is 532. The zero-order valence-corrected chi connectivity index (χ0v) is 13.4. The molecule has 1 aliphatic heterocycles. The molecule has 2 aliphatic rings. The molecular weight excluding hydrogens is 276 g/mol. The second kappa shape index (κ2) is 6.78. The van der Waals surface area contributed by atoms with Crippen molar-refractivity contribution in [1.82, 2.24) is 9.88 Å². The lowest BCUT2D eigenvalue weighted by Crippen LogP contribution is -2.45. The fourth-order valence-electron chi connectivity index (χ4n) is 4.15. The van der Waals surface area contributed by atoms with Crippen LogP contribution in [0.1, 0.15) is 61.4 Å². The Morgan fingerprint density at radius 1 is 1.32 bits per heavy atom. The van der Waals surface area contributed by atoms with E-state index >= 15 is 0 Å². The fraction of sp³-hybridized carbons (Fsp3) is 0.667. The molecule has 0 aromatic carbocycles. The zero-order chi connectivity index (χ0) is 15.5. The van der Waals surface area contributed by atoms with Crippen molar-refractivity contribution >= 4 is 5.91 Å². The minimum atomic E-state index is -0.241. The zero-order valence-electron chi connectivity index (χ0n) is 13.4. The number of carbonyl (C=O) groups is 1. The van der Waals surface area contributed by atoms with Crippen molar-refractivity contribution in [2.45, 2.75) is 64.0 Å². The van der Waals surface area contributed by atoms with Gasteiger partial charge in [0.25, 0.3) is 5.91 Å². The van der Waals surface area contributed by atoms with Gasteiger partial charge in [-0.25, -0.2) is 0 Å². The molecule has 1 saturated heterocycles. The van der Waals surface area contributed by atoms with Gasteiger partial charge in [-0.05, 0) is 43.7 Å². The summed E-state index contributed by atoms with van der Waals surface area (Å²) < 4.78 is 0. The summed E-state index contributed by atoms with van der Waals surface area (Å²) in [5.74, 6) is 0.381. The van der Waals surface area contributed by atoms with Gasteiger partial charge in [0.2, 0.25) is 0 Å². The second-order valence-corrected chi connectivity index (χ2v) is 6.61. The molecule has 0 bridgehead atoms. The standard InChI is InChI=1S/C18H26N2O2/c1-2-13-12-19-10-9-14(13)18(22)20-11-5-7-16(20)15-6-3-4-8-17(15)21/h9-10,12,15-17,21H,2-8,11H2,1H3/t15-,16-,17+/m1/s1. The highest BCUT2D eigenvalue weighted by molar-refractivity contribution is 5.96. The fourth-order valence-corrected chi connectivity index (χ4v) is 4.15. The van der Waals surface area contributed by atoms with Crippen molar-refractivity contribution in [3.63, 3.8) is 0 Å². The van der Waals surface area contributed by atoms with Gasteiger partial charge in [-0.1, -0.05) is 19.8 Å². The number of nitrogens with zero attached hydrogens (tertiary/aromatic N) is 2. The number of carbonyl (C=O) groups excluding carboxylic acids is 1. The van der Waals surface area contributed by atoms with Crippen molar-refractivity contribution in [2.24, 2.45) is 5.92 Å². The number of aliphatic hydroxyl groups excluding tert-OH is 1. The molecule has 4 heteroatoms. The third kappa shape index (κ3) is 2.89. The molecule has 0 unspecified atom stereocenters. The minimum absolute atomic E-state index is 0.125. The largest absolute Gasteiger partial charge is 0.393 e. The summed E-state index contributed by atoms with van der Waals surface area (Å²) in [6.07, 6.45) is 10.4. The topological polar surface area (TPSA) is 53.4 Å². The van der Waals surface area contributed by atoms with Gasteiger partial charge in [-0.3, -0.25) is 9.78 Å².